The minimum absolute atomic E-state index is 0.135. The lowest BCUT2D eigenvalue weighted by molar-refractivity contribution is 0.171. The van der Waals surface area contributed by atoms with Crippen molar-refractivity contribution in [2.24, 2.45) is 17.8 Å². The van der Waals surface area contributed by atoms with Crippen molar-refractivity contribution in [1.29, 1.82) is 5.26 Å². The Hall–Kier alpha value is -1.62. The Kier molecular flexibility index (Phi) is 5.49. The summed E-state index contributed by atoms with van der Waals surface area (Å²) in [5, 5.41) is 8.63. The van der Waals surface area contributed by atoms with Crippen LogP contribution in [-0.4, -0.2) is 0 Å². The molecule has 0 spiro atoms. The zero-order valence-electron chi connectivity index (χ0n) is 13.8. The Balaban J connectivity index is 1.47. The maximum absolute atomic E-state index is 13.0. The van der Waals surface area contributed by atoms with Crippen molar-refractivity contribution in [1.82, 2.24) is 0 Å². The normalized spacial score (nSPS) is 31.8. The Morgan fingerprint density at radius 2 is 1.43 bits per heavy atom. The van der Waals surface area contributed by atoms with Crippen molar-refractivity contribution in [3.8, 4) is 6.07 Å². The van der Waals surface area contributed by atoms with Crippen molar-refractivity contribution in [3.05, 3.63) is 47.8 Å². The lowest BCUT2D eigenvalue weighted by Gasteiger charge is -2.37. The van der Waals surface area contributed by atoms with Gasteiger partial charge in [-0.25, -0.2) is 4.39 Å². The summed E-state index contributed by atoms with van der Waals surface area (Å²) in [5.41, 5.74) is 1.31. The van der Waals surface area contributed by atoms with E-state index in [1.165, 1.54) is 56.9 Å². The third-order valence-corrected chi connectivity index (χ3v) is 6.04. The molecule has 2 aliphatic carbocycles. The Morgan fingerprint density at radius 3 is 2.00 bits per heavy atom. The first-order valence-corrected chi connectivity index (χ1v) is 9.08. The first kappa shape index (κ1) is 16.2. The SMILES string of the molecule is N#CC=C[C@H]1CC[C@H]([C@H]2CC[C@H](c3ccc(F)cc3)CC2)CC1. The molecule has 2 saturated carbocycles. The van der Waals surface area contributed by atoms with Crippen molar-refractivity contribution in [2.75, 3.05) is 0 Å². The minimum atomic E-state index is -0.135. The number of hydrogen-bond donors (Lipinski definition) is 0. The van der Waals surface area contributed by atoms with Gasteiger partial charge in [-0.3, -0.25) is 0 Å². The average molecular weight is 311 g/mol. The van der Waals surface area contributed by atoms with Gasteiger partial charge in [0, 0.05) is 6.08 Å². The predicted molar refractivity (Wildman–Crippen MR) is 91.3 cm³/mol. The van der Waals surface area contributed by atoms with Crippen LogP contribution in [0.15, 0.2) is 36.4 Å². The van der Waals surface area contributed by atoms with E-state index in [4.69, 9.17) is 5.26 Å². The molecule has 0 bridgehead atoms. The summed E-state index contributed by atoms with van der Waals surface area (Å²) in [4.78, 5) is 0. The molecule has 2 fully saturated rings. The summed E-state index contributed by atoms with van der Waals surface area (Å²) in [6.07, 6.45) is 14.1. The molecule has 0 unspecified atom stereocenters. The quantitative estimate of drug-likeness (QED) is 0.629. The molecule has 0 aromatic heterocycles. The lowest BCUT2D eigenvalue weighted by atomic mass is 9.68. The van der Waals surface area contributed by atoms with Gasteiger partial charge in [0.1, 0.15) is 5.82 Å². The second kappa shape index (κ2) is 7.77. The van der Waals surface area contributed by atoms with Gasteiger partial charge in [0.15, 0.2) is 0 Å². The fourth-order valence-electron chi connectivity index (χ4n) is 4.65. The average Bonchev–Trinajstić information content (AvgIpc) is 2.61. The highest BCUT2D eigenvalue weighted by molar-refractivity contribution is 5.21. The smallest absolute Gasteiger partial charge is 0.123 e. The van der Waals surface area contributed by atoms with E-state index in [1.807, 2.05) is 12.1 Å². The third-order valence-electron chi connectivity index (χ3n) is 6.04. The van der Waals surface area contributed by atoms with E-state index in [0.29, 0.717) is 11.8 Å². The maximum Gasteiger partial charge on any atom is 0.123 e. The van der Waals surface area contributed by atoms with E-state index in [9.17, 15) is 4.39 Å². The molecule has 0 heterocycles. The van der Waals surface area contributed by atoms with E-state index in [2.05, 4.69) is 12.1 Å². The van der Waals surface area contributed by atoms with Crippen LogP contribution in [0.3, 0.4) is 0 Å². The molecule has 23 heavy (non-hydrogen) atoms. The highest BCUT2D eigenvalue weighted by Gasteiger charge is 2.30. The molecule has 0 saturated heterocycles. The second-order valence-electron chi connectivity index (χ2n) is 7.33. The fraction of sp³-hybridized carbons (Fsp3) is 0.571. The minimum Gasteiger partial charge on any atom is -0.207 e. The van der Waals surface area contributed by atoms with Gasteiger partial charge >= 0.3 is 0 Å². The van der Waals surface area contributed by atoms with Crippen molar-refractivity contribution >= 4 is 0 Å². The summed E-state index contributed by atoms with van der Waals surface area (Å²) in [7, 11) is 0. The van der Waals surface area contributed by atoms with E-state index in [1.54, 1.807) is 18.2 Å². The van der Waals surface area contributed by atoms with Crippen LogP contribution in [-0.2, 0) is 0 Å². The van der Waals surface area contributed by atoms with Crippen LogP contribution in [0.25, 0.3) is 0 Å². The molecular weight excluding hydrogens is 285 g/mol. The molecule has 0 N–H and O–H groups in total. The summed E-state index contributed by atoms with van der Waals surface area (Å²) in [5.74, 6) is 2.89. The van der Waals surface area contributed by atoms with Gasteiger partial charge in [0.25, 0.3) is 0 Å². The molecule has 1 aromatic carbocycles. The summed E-state index contributed by atoms with van der Waals surface area (Å²) >= 11 is 0. The number of nitriles is 1. The number of nitrogens with zero attached hydrogens (tertiary/aromatic N) is 1. The van der Waals surface area contributed by atoms with Gasteiger partial charge in [-0.1, -0.05) is 18.2 Å². The molecule has 2 heteroatoms. The monoisotopic (exact) mass is 311 g/mol. The molecule has 3 rings (SSSR count). The van der Waals surface area contributed by atoms with E-state index < -0.39 is 0 Å². The first-order valence-electron chi connectivity index (χ1n) is 9.08. The predicted octanol–water partition coefficient (Wildman–Crippen LogP) is 5.99. The molecule has 0 aliphatic heterocycles. The van der Waals surface area contributed by atoms with Crippen LogP contribution in [0.4, 0.5) is 4.39 Å². The zero-order valence-corrected chi connectivity index (χ0v) is 13.8. The van der Waals surface area contributed by atoms with E-state index >= 15 is 0 Å². The van der Waals surface area contributed by atoms with Crippen LogP contribution in [0.5, 0.6) is 0 Å². The topological polar surface area (TPSA) is 23.8 Å². The Bertz CT molecular complexity index is 552. The van der Waals surface area contributed by atoms with Gasteiger partial charge in [0.05, 0.1) is 6.07 Å². The Morgan fingerprint density at radius 1 is 0.870 bits per heavy atom. The molecule has 1 aromatic rings. The molecule has 122 valence electrons. The first-order chi connectivity index (χ1) is 11.3. The molecular formula is C21H26FN. The van der Waals surface area contributed by atoms with Gasteiger partial charge in [-0.15, -0.1) is 0 Å². The van der Waals surface area contributed by atoms with Crippen LogP contribution in [0, 0.1) is 34.9 Å². The van der Waals surface area contributed by atoms with Crippen LogP contribution >= 0.6 is 0 Å². The second-order valence-corrected chi connectivity index (χ2v) is 7.33. The lowest BCUT2D eigenvalue weighted by Crippen LogP contribution is -2.25. The standard InChI is InChI=1S/C21H26FN/c22-21-13-11-20(12-14-21)19-9-7-18(8-10-19)17-5-3-16(4-6-17)2-1-15-23/h1-2,11-14,16-19H,3-10H2/t16-,17-,18-,19-. The van der Waals surface area contributed by atoms with Gasteiger partial charge in [0.2, 0.25) is 0 Å². The van der Waals surface area contributed by atoms with Crippen molar-refractivity contribution in [2.45, 2.75) is 57.3 Å². The Labute approximate surface area is 139 Å². The van der Waals surface area contributed by atoms with Gasteiger partial charge in [-0.05, 0) is 92.7 Å². The maximum atomic E-state index is 13.0. The summed E-state index contributed by atoms with van der Waals surface area (Å²) < 4.78 is 13.0. The highest BCUT2D eigenvalue weighted by Crippen LogP contribution is 2.44. The van der Waals surface area contributed by atoms with Crippen LogP contribution < -0.4 is 0 Å². The molecule has 0 atom stereocenters. The summed E-state index contributed by atoms with van der Waals surface area (Å²) in [6, 6.07) is 9.23. The van der Waals surface area contributed by atoms with E-state index in [-0.39, 0.29) is 5.82 Å². The molecule has 1 nitrogen and oxygen atoms in total. The highest BCUT2D eigenvalue weighted by atomic mass is 19.1. The molecule has 2 aliphatic rings. The third kappa shape index (κ3) is 4.22. The number of hydrogen-bond acceptors (Lipinski definition) is 1. The number of allylic oxidation sites excluding steroid dienone is 2. The number of benzene rings is 1. The summed E-state index contributed by atoms with van der Waals surface area (Å²) in [6.45, 7) is 0. The van der Waals surface area contributed by atoms with Crippen LogP contribution in [0.1, 0.15) is 62.8 Å². The van der Waals surface area contributed by atoms with Crippen molar-refractivity contribution < 1.29 is 4.39 Å². The number of halogens is 1. The van der Waals surface area contributed by atoms with Crippen molar-refractivity contribution in [3.63, 3.8) is 0 Å². The van der Waals surface area contributed by atoms with Gasteiger partial charge in [-0.2, -0.15) is 5.26 Å². The number of rotatable bonds is 3. The van der Waals surface area contributed by atoms with E-state index in [0.717, 1.165) is 11.8 Å². The van der Waals surface area contributed by atoms with Crippen LogP contribution in [0.2, 0.25) is 0 Å². The molecule has 0 amide bonds. The zero-order chi connectivity index (χ0) is 16.1. The van der Waals surface area contributed by atoms with Gasteiger partial charge < -0.3 is 0 Å². The largest absolute Gasteiger partial charge is 0.207 e. The fourth-order valence-corrected chi connectivity index (χ4v) is 4.65. The molecule has 0 radical (unpaired) electrons.